The molecule has 0 aromatic heterocycles. The lowest BCUT2D eigenvalue weighted by Crippen LogP contribution is -2.28. The summed E-state index contributed by atoms with van der Waals surface area (Å²) in [5.74, 6) is 0. The van der Waals surface area contributed by atoms with Gasteiger partial charge in [-0.3, -0.25) is 0 Å². The molecule has 0 aromatic carbocycles. The zero-order valence-electron chi connectivity index (χ0n) is 10.6. The van der Waals surface area contributed by atoms with Gasteiger partial charge in [0.2, 0.25) is 0 Å². The van der Waals surface area contributed by atoms with E-state index in [1.165, 1.54) is 0 Å². The van der Waals surface area contributed by atoms with Gasteiger partial charge in [-0.1, -0.05) is 6.58 Å². The number of alkyl halides is 1. The highest BCUT2D eigenvalue weighted by Gasteiger charge is 2.17. The van der Waals surface area contributed by atoms with Crippen LogP contribution in [0.2, 0.25) is 0 Å². The molecule has 90 valence electrons. The summed E-state index contributed by atoms with van der Waals surface area (Å²) in [7, 11) is 3.74. The molecule has 0 saturated heterocycles. The maximum atomic E-state index is 13.8. The fourth-order valence-electron chi connectivity index (χ4n) is 1.70. The number of hydrogen-bond donors (Lipinski definition) is 0. The van der Waals surface area contributed by atoms with Crippen LogP contribution >= 0.6 is 0 Å². The summed E-state index contributed by atoms with van der Waals surface area (Å²) < 4.78 is 13.8. The Hall–Kier alpha value is -1.09. The number of allylic oxidation sites excluding steroid dienone is 2. The molecule has 0 bridgehead atoms. The lowest BCUT2D eigenvalue weighted by Gasteiger charge is -2.29. The van der Waals surface area contributed by atoms with E-state index in [4.69, 9.17) is 0 Å². The van der Waals surface area contributed by atoms with Crippen molar-refractivity contribution in [2.75, 3.05) is 20.6 Å². The minimum Gasteiger partial charge on any atom is -0.346 e. The smallest absolute Gasteiger partial charge is 0.138 e. The van der Waals surface area contributed by atoms with Crippen LogP contribution < -0.4 is 0 Å². The molecule has 16 heavy (non-hydrogen) atoms. The zero-order valence-corrected chi connectivity index (χ0v) is 10.6. The molecule has 0 fully saturated rings. The van der Waals surface area contributed by atoms with Gasteiger partial charge in [0.25, 0.3) is 0 Å². The quantitative estimate of drug-likeness (QED) is 0.724. The first-order valence-corrected chi connectivity index (χ1v) is 5.57. The van der Waals surface area contributed by atoms with Crippen molar-refractivity contribution in [3.63, 3.8) is 0 Å². The molecular formula is C13H21FN2. The minimum absolute atomic E-state index is 0.355. The number of halogens is 1. The Kier molecular flexibility index (Phi) is 4.30. The van der Waals surface area contributed by atoms with Crippen LogP contribution in [0.15, 0.2) is 36.2 Å². The van der Waals surface area contributed by atoms with E-state index >= 15 is 0 Å². The van der Waals surface area contributed by atoms with Gasteiger partial charge >= 0.3 is 0 Å². The van der Waals surface area contributed by atoms with Crippen LogP contribution in [0.1, 0.15) is 13.8 Å². The van der Waals surface area contributed by atoms with Crippen molar-refractivity contribution in [1.29, 1.82) is 0 Å². The van der Waals surface area contributed by atoms with Gasteiger partial charge in [0.15, 0.2) is 0 Å². The van der Waals surface area contributed by atoms with Crippen LogP contribution in [0.5, 0.6) is 0 Å². The monoisotopic (exact) mass is 224 g/mol. The molecule has 0 saturated carbocycles. The molecule has 0 radical (unpaired) electrons. The molecular weight excluding hydrogens is 203 g/mol. The van der Waals surface area contributed by atoms with Crippen molar-refractivity contribution in [2.45, 2.75) is 26.1 Å². The second kappa shape index (κ2) is 5.30. The molecule has 0 aromatic rings. The fraction of sp³-hybridized carbons (Fsp3) is 0.538. The summed E-state index contributed by atoms with van der Waals surface area (Å²) in [4.78, 5) is 3.88. The van der Waals surface area contributed by atoms with Crippen molar-refractivity contribution in [2.24, 2.45) is 0 Å². The SMILES string of the molecule is C=C1C=C(C(F)CN(C)C)C=CN1C(C)C. The molecule has 1 aliphatic rings. The molecule has 1 unspecified atom stereocenters. The number of nitrogens with zero attached hydrogens (tertiary/aromatic N) is 2. The van der Waals surface area contributed by atoms with Crippen LogP contribution in [0.25, 0.3) is 0 Å². The third kappa shape index (κ3) is 3.20. The summed E-state index contributed by atoms with van der Waals surface area (Å²) in [6, 6.07) is 0.355. The molecule has 1 rings (SSSR count). The summed E-state index contributed by atoms with van der Waals surface area (Å²) in [6.45, 7) is 8.52. The fourth-order valence-corrected chi connectivity index (χ4v) is 1.70. The second-order valence-corrected chi connectivity index (χ2v) is 4.68. The van der Waals surface area contributed by atoms with Crippen molar-refractivity contribution in [3.05, 3.63) is 36.2 Å². The van der Waals surface area contributed by atoms with Gasteiger partial charge < -0.3 is 9.80 Å². The Bertz CT molecular complexity index is 316. The van der Waals surface area contributed by atoms with Gasteiger partial charge in [0.05, 0.1) is 0 Å². The van der Waals surface area contributed by atoms with Crippen LogP contribution in [0, 0.1) is 0 Å². The van der Waals surface area contributed by atoms with Crippen molar-refractivity contribution in [1.82, 2.24) is 9.80 Å². The first kappa shape index (κ1) is 13.0. The molecule has 2 nitrogen and oxygen atoms in total. The van der Waals surface area contributed by atoms with Gasteiger partial charge in [-0.25, -0.2) is 4.39 Å². The molecule has 0 amide bonds. The first-order chi connectivity index (χ1) is 7.41. The Morgan fingerprint density at radius 2 is 2.06 bits per heavy atom. The molecule has 1 atom stereocenters. The summed E-state index contributed by atoms with van der Waals surface area (Å²) in [6.07, 6.45) is 4.62. The predicted molar refractivity (Wildman–Crippen MR) is 66.8 cm³/mol. The maximum absolute atomic E-state index is 13.8. The van der Waals surface area contributed by atoms with E-state index in [-0.39, 0.29) is 0 Å². The Morgan fingerprint density at radius 3 is 2.50 bits per heavy atom. The van der Waals surface area contributed by atoms with E-state index in [0.717, 1.165) is 5.70 Å². The minimum atomic E-state index is -0.947. The van der Waals surface area contributed by atoms with Gasteiger partial charge in [-0.05, 0) is 45.7 Å². The lowest BCUT2D eigenvalue weighted by atomic mass is 10.1. The molecule has 0 N–H and O–H groups in total. The van der Waals surface area contributed by atoms with Crippen molar-refractivity contribution in [3.8, 4) is 0 Å². The van der Waals surface area contributed by atoms with E-state index in [9.17, 15) is 4.39 Å². The van der Waals surface area contributed by atoms with Crippen LogP contribution in [-0.4, -0.2) is 42.7 Å². The van der Waals surface area contributed by atoms with Gasteiger partial charge in [0.1, 0.15) is 6.17 Å². The highest BCUT2D eigenvalue weighted by molar-refractivity contribution is 5.36. The Labute approximate surface area is 97.7 Å². The highest BCUT2D eigenvalue weighted by Crippen LogP contribution is 2.21. The standard InChI is InChI=1S/C13H21FN2/c1-10(2)16-7-6-12(8-11(16)3)13(14)9-15(4)5/h6-8,10,13H,3,9H2,1-2,4-5H3. The largest absolute Gasteiger partial charge is 0.346 e. The Morgan fingerprint density at radius 1 is 1.44 bits per heavy atom. The van der Waals surface area contributed by atoms with E-state index in [1.807, 2.05) is 42.2 Å². The number of rotatable bonds is 4. The molecule has 0 spiro atoms. The van der Waals surface area contributed by atoms with Crippen LogP contribution in [0.3, 0.4) is 0 Å². The first-order valence-electron chi connectivity index (χ1n) is 5.57. The normalized spacial score (nSPS) is 18.3. The van der Waals surface area contributed by atoms with Gasteiger partial charge in [-0.15, -0.1) is 0 Å². The summed E-state index contributed by atoms with van der Waals surface area (Å²) in [5.41, 5.74) is 1.56. The third-order valence-corrected chi connectivity index (χ3v) is 2.54. The zero-order chi connectivity index (χ0) is 12.3. The molecule has 3 heteroatoms. The summed E-state index contributed by atoms with van der Waals surface area (Å²) >= 11 is 0. The highest BCUT2D eigenvalue weighted by atomic mass is 19.1. The van der Waals surface area contributed by atoms with Crippen LogP contribution in [0.4, 0.5) is 4.39 Å². The maximum Gasteiger partial charge on any atom is 0.138 e. The summed E-state index contributed by atoms with van der Waals surface area (Å²) in [5, 5.41) is 0. The van der Waals surface area contributed by atoms with Gasteiger partial charge in [-0.2, -0.15) is 0 Å². The number of hydrogen-bond acceptors (Lipinski definition) is 2. The lowest BCUT2D eigenvalue weighted by molar-refractivity contribution is 0.279. The Balaban J connectivity index is 2.70. The van der Waals surface area contributed by atoms with Crippen LogP contribution in [-0.2, 0) is 0 Å². The average Bonchev–Trinajstić information content (AvgIpc) is 2.15. The molecule has 1 aliphatic heterocycles. The van der Waals surface area contributed by atoms with E-state index < -0.39 is 6.17 Å². The molecule has 0 aliphatic carbocycles. The topological polar surface area (TPSA) is 6.48 Å². The molecule has 1 heterocycles. The third-order valence-electron chi connectivity index (χ3n) is 2.54. The van der Waals surface area contributed by atoms with Crippen molar-refractivity contribution >= 4 is 0 Å². The van der Waals surface area contributed by atoms with E-state index in [1.54, 1.807) is 0 Å². The second-order valence-electron chi connectivity index (χ2n) is 4.68. The van der Waals surface area contributed by atoms with E-state index in [0.29, 0.717) is 18.2 Å². The van der Waals surface area contributed by atoms with E-state index in [2.05, 4.69) is 20.4 Å². The van der Waals surface area contributed by atoms with Crippen molar-refractivity contribution < 1.29 is 4.39 Å². The average molecular weight is 224 g/mol. The predicted octanol–water partition coefficient (Wildman–Crippen LogP) is 2.56. The van der Waals surface area contributed by atoms with Gasteiger partial charge in [0, 0.05) is 24.5 Å².